The summed E-state index contributed by atoms with van der Waals surface area (Å²) in [4.78, 5) is 21.3. The number of anilines is 1. The van der Waals surface area contributed by atoms with Gasteiger partial charge in [-0.15, -0.1) is 0 Å². The van der Waals surface area contributed by atoms with E-state index >= 15 is 0 Å². The summed E-state index contributed by atoms with van der Waals surface area (Å²) < 4.78 is 0. The van der Waals surface area contributed by atoms with E-state index < -0.39 is 6.10 Å². The zero-order chi connectivity index (χ0) is 22.6. The highest BCUT2D eigenvalue weighted by atomic mass is 16.3. The molecule has 0 spiro atoms. The van der Waals surface area contributed by atoms with Crippen molar-refractivity contribution >= 4 is 11.6 Å². The van der Waals surface area contributed by atoms with Gasteiger partial charge in [0, 0.05) is 62.9 Å². The summed E-state index contributed by atoms with van der Waals surface area (Å²) in [6, 6.07) is 18.4. The van der Waals surface area contributed by atoms with E-state index in [1.807, 2.05) is 30.5 Å². The first-order valence-electron chi connectivity index (χ1n) is 11.7. The minimum atomic E-state index is -0.554. The van der Waals surface area contributed by atoms with Crippen LogP contribution in [0, 0.1) is 0 Å². The van der Waals surface area contributed by atoms with Crippen LogP contribution < -0.4 is 5.32 Å². The maximum absolute atomic E-state index is 13.1. The number of hydrogen-bond acceptors (Lipinski definition) is 5. The summed E-state index contributed by atoms with van der Waals surface area (Å²) in [5.41, 5.74) is 6.67. The Hall–Kier alpha value is -3.22. The fraction of sp³-hybridized carbons (Fsp3) is 0.333. The summed E-state index contributed by atoms with van der Waals surface area (Å²) in [5, 5.41) is 14.2. The molecule has 1 amide bonds. The van der Waals surface area contributed by atoms with E-state index in [1.165, 1.54) is 11.1 Å². The molecule has 0 aliphatic carbocycles. The molecule has 0 fully saturated rings. The van der Waals surface area contributed by atoms with Crippen molar-refractivity contribution in [2.75, 3.05) is 31.5 Å². The van der Waals surface area contributed by atoms with Crippen molar-refractivity contribution in [2.24, 2.45) is 0 Å². The van der Waals surface area contributed by atoms with Gasteiger partial charge in [-0.3, -0.25) is 14.7 Å². The zero-order valence-corrected chi connectivity index (χ0v) is 18.8. The fourth-order valence-electron chi connectivity index (χ4n) is 4.85. The number of aliphatic hydroxyl groups excluding tert-OH is 1. The van der Waals surface area contributed by atoms with Gasteiger partial charge in [0.15, 0.2) is 0 Å². The smallest absolute Gasteiger partial charge is 0.254 e. The Morgan fingerprint density at radius 3 is 2.67 bits per heavy atom. The summed E-state index contributed by atoms with van der Waals surface area (Å²) in [7, 11) is 0. The van der Waals surface area contributed by atoms with Gasteiger partial charge in [-0.05, 0) is 59.4 Å². The molecule has 3 heterocycles. The molecule has 2 aliphatic rings. The normalized spacial score (nSPS) is 16.8. The van der Waals surface area contributed by atoms with Gasteiger partial charge in [0.05, 0.1) is 6.10 Å². The number of rotatable bonds is 7. The van der Waals surface area contributed by atoms with E-state index in [4.69, 9.17) is 0 Å². The van der Waals surface area contributed by atoms with Crippen LogP contribution in [0.4, 0.5) is 5.69 Å². The van der Waals surface area contributed by atoms with E-state index in [0.29, 0.717) is 26.2 Å². The third-order valence-electron chi connectivity index (χ3n) is 6.60. The monoisotopic (exact) mass is 442 g/mol. The summed E-state index contributed by atoms with van der Waals surface area (Å²) in [5.74, 6) is 0.0121. The number of aromatic nitrogens is 1. The second kappa shape index (κ2) is 9.73. The minimum Gasteiger partial charge on any atom is -0.390 e. The standard InChI is InChI=1S/C27H30N4O2/c32-25(18-30-12-9-21-5-1-2-6-23(21)17-30)19-31-13-10-22-14-24(7-8-26(22)27(31)33)29-16-20-4-3-11-28-15-20/h1-8,11,14-15,25,29,32H,9-10,12-13,16-19H2/t25-/m1/s1. The highest BCUT2D eigenvalue weighted by Crippen LogP contribution is 2.24. The van der Waals surface area contributed by atoms with Crippen LogP contribution in [0.3, 0.4) is 0 Å². The number of carbonyl (C=O) groups excluding carboxylic acids is 1. The number of fused-ring (bicyclic) bond motifs is 2. The van der Waals surface area contributed by atoms with Gasteiger partial charge in [-0.1, -0.05) is 30.3 Å². The third kappa shape index (κ3) is 5.07. The van der Waals surface area contributed by atoms with Gasteiger partial charge in [0.2, 0.25) is 0 Å². The lowest BCUT2D eigenvalue weighted by Crippen LogP contribution is -2.46. The topological polar surface area (TPSA) is 68.7 Å². The molecule has 6 nitrogen and oxygen atoms in total. The first kappa shape index (κ1) is 21.6. The SMILES string of the molecule is O=C1c2ccc(NCc3cccnc3)cc2CCN1C[C@H](O)CN1CCc2ccccc2C1. The molecule has 6 heteroatoms. The molecule has 5 rings (SSSR count). The van der Waals surface area contributed by atoms with Gasteiger partial charge in [-0.2, -0.15) is 0 Å². The average Bonchev–Trinajstić information content (AvgIpc) is 2.85. The van der Waals surface area contributed by atoms with Crippen LogP contribution in [0.1, 0.15) is 32.6 Å². The summed E-state index contributed by atoms with van der Waals surface area (Å²) in [6.07, 6.45) is 4.87. The van der Waals surface area contributed by atoms with Crippen molar-refractivity contribution in [1.82, 2.24) is 14.8 Å². The quantitative estimate of drug-likeness (QED) is 0.589. The van der Waals surface area contributed by atoms with Gasteiger partial charge < -0.3 is 15.3 Å². The van der Waals surface area contributed by atoms with E-state index in [2.05, 4.69) is 45.5 Å². The van der Waals surface area contributed by atoms with E-state index in [9.17, 15) is 9.90 Å². The number of benzene rings is 2. The molecular weight excluding hydrogens is 412 g/mol. The predicted octanol–water partition coefficient (Wildman–Crippen LogP) is 3.11. The van der Waals surface area contributed by atoms with Crippen LogP contribution >= 0.6 is 0 Å². The van der Waals surface area contributed by atoms with E-state index in [0.717, 1.165) is 48.3 Å². The molecule has 170 valence electrons. The first-order valence-corrected chi connectivity index (χ1v) is 11.7. The van der Waals surface area contributed by atoms with Crippen LogP contribution in [-0.4, -0.2) is 58.1 Å². The van der Waals surface area contributed by atoms with Gasteiger partial charge in [-0.25, -0.2) is 0 Å². The third-order valence-corrected chi connectivity index (χ3v) is 6.60. The number of carbonyl (C=O) groups is 1. The molecule has 1 aromatic heterocycles. The highest BCUT2D eigenvalue weighted by molar-refractivity contribution is 5.97. The molecule has 3 aromatic rings. The molecule has 0 radical (unpaired) electrons. The Kier molecular flexibility index (Phi) is 6.37. The second-order valence-corrected chi connectivity index (χ2v) is 9.00. The number of nitrogens with zero attached hydrogens (tertiary/aromatic N) is 3. The lowest BCUT2D eigenvalue weighted by Gasteiger charge is -2.34. The van der Waals surface area contributed by atoms with Crippen molar-refractivity contribution in [2.45, 2.75) is 32.0 Å². The van der Waals surface area contributed by atoms with Gasteiger partial charge in [0.1, 0.15) is 0 Å². The fourth-order valence-corrected chi connectivity index (χ4v) is 4.85. The number of hydrogen-bond donors (Lipinski definition) is 2. The van der Waals surface area contributed by atoms with E-state index in [1.54, 1.807) is 11.1 Å². The molecule has 0 bridgehead atoms. The molecule has 0 saturated carbocycles. The molecule has 2 N–H and O–H groups in total. The maximum Gasteiger partial charge on any atom is 0.254 e. The van der Waals surface area contributed by atoms with Crippen LogP contribution in [-0.2, 0) is 25.9 Å². The van der Waals surface area contributed by atoms with Gasteiger partial charge >= 0.3 is 0 Å². The maximum atomic E-state index is 13.1. The Bertz CT molecular complexity index is 1120. The van der Waals surface area contributed by atoms with Crippen LogP contribution in [0.5, 0.6) is 0 Å². The van der Waals surface area contributed by atoms with Crippen LogP contribution in [0.15, 0.2) is 67.0 Å². The Labute approximate surface area is 194 Å². The van der Waals surface area contributed by atoms with Crippen molar-refractivity contribution in [3.63, 3.8) is 0 Å². The molecule has 2 aliphatic heterocycles. The number of pyridine rings is 1. The van der Waals surface area contributed by atoms with Crippen molar-refractivity contribution < 1.29 is 9.90 Å². The van der Waals surface area contributed by atoms with Crippen molar-refractivity contribution in [1.29, 1.82) is 0 Å². The van der Waals surface area contributed by atoms with Crippen LogP contribution in [0.25, 0.3) is 0 Å². The molecule has 2 aromatic carbocycles. The average molecular weight is 443 g/mol. The number of nitrogens with one attached hydrogen (secondary N) is 1. The first-order chi connectivity index (χ1) is 16.2. The zero-order valence-electron chi connectivity index (χ0n) is 18.8. The van der Waals surface area contributed by atoms with Crippen molar-refractivity contribution in [3.05, 3.63) is 94.8 Å². The Balaban J connectivity index is 1.16. The summed E-state index contributed by atoms with van der Waals surface area (Å²) in [6.45, 7) is 4.09. The number of amides is 1. The van der Waals surface area contributed by atoms with Crippen LogP contribution in [0.2, 0.25) is 0 Å². The molecule has 0 unspecified atom stereocenters. The Morgan fingerprint density at radius 2 is 1.82 bits per heavy atom. The Morgan fingerprint density at radius 1 is 0.970 bits per heavy atom. The molecular formula is C27H30N4O2. The lowest BCUT2D eigenvalue weighted by molar-refractivity contribution is 0.0493. The minimum absolute atomic E-state index is 0.0121. The van der Waals surface area contributed by atoms with Gasteiger partial charge in [0.25, 0.3) is 5.91 Å². The lowest BCUT2D eigenvalue weighted by atomic mass is 9.97. The molecule has 0 saturated heterocycles. The van der Waals surface area contributed by atoms with E-state index in [-0.39, 0.29) is 5.91 Å². The van der Waals surface area contributed by atoms with Crippen molar-refractivity contribution in [3.8, 4) is 0 Å². The number of aliphatic hydroxyl groups is 1. The highest BCUT2D eigenvalue weighted by Gasteiger charge is 2.27. The predicted molar refractivity (Wildman–Crippen MR) is 129 cm³/mol. The number of β-amino-alcohol motifs (C(OH)–C–C–N with tert-alkyl or cyclic N) is 1. The second-order valence-electron chi connectivity index (χ2n) is 9.00. The molecule has 1 atom stereocenters. The molecule has 33 heavy (non-hydrogen) atoms. The summed E-state index contributed by atoms with van der Waals surface area (Å²) >= 11 is 0. The largest absolute Gasteiger partial charge is 0.390 e.